The van der Waals surface area contributed by atoms with Crippen molar-refractivity contribution in [3.05, 3.63) is 139 Å². The third-order valence-electron chi connectivity index (χ3n) is 19.1. The predicted molar refractivity (Wildman–Crippen MR) is 315 cm³/mol. The van der Waals surface area contributed by atoms with Crippen molar-refractivity contribution in [1.29, 1.82) is 0 Å². The number of pyridine rings is 3. The number of aryl methyl sites for hydroxylation is 1. The maximum Gasteiger partial charge on any atom is 0.287 e. The van der Waals surface area contributed by atoms with E-state index in [1.807, 2.05) is 46.0 Å². The highest BCUT2D eigenvalue weighted by Gasteiger charge is 2.57. The number of nitrogens with zero attached hydrogens (tertiary/aromatic N) is 10. The first-order chi connectivity index (χ1) is 41.8. The van der Waals surface area contributed by atoms with Gasteiger partial charge in [0.2, 0.25) is 0 Å². The smallest absolute Gasteiger partial charge is 0.287 e. The molecule has 0 radical (unpaired) electrons. The number of piperidine rings is 3. The second kappa shape index (κ2) is 23.3. The van der Waals surface area contributed by atoms with Crippen LogP contribution in [-0.2, 0) is 11.8 Å². The number of hydrogen-bond donors (Lipinski definition) is 4. The van der Waals surface area contributed by atoms with E-state index in [1.165, 1.54) is 0 Å². The molecule has 0 bridgehead atoms. The van der Waals surface area contributed by atoms with E-state index in [9.17, 15) is 28.8 Å². The van der Waals surface area contributed by atoms with Crippen LogP contribution in [0.3, 0.4) is 0 Å². The van der Waals surface area contributed by atoms with E-state index in [1.54, 1.807) is 90.9 Å². The standard InChI is InChI=1S/C22H24N4O3.C21H23N5O3.C20H21N5O3/c27-20(18-10-15-3-7-24-14-19(15)29-18)25-13-17-11-22(17)4-8-26(9-5-22)21(28)16-2-1-6-23-12-16;1-25-12-16(24-13-25)20(28)26-6-3-21(4-7-26)9-15(21)10-23-19(27)17-8-14-2-5-22-11-18(14)29-17;26-18(16-9-13-1-5-21-12-17(13)28-16)22-11-14-10-20(14)3-7-25(8-4-20)19(27)15-2-6-23-24-15/h2-3,7,10,12,14,17H,1,4-6,8-9,11,13H2,(H,25,27);2,5,8,11-13,15H,3-4,6-7,9-10H2,1H3,(H,23,27);1-2,5-6,9,12,14H,3-4,7-8,10-11H2,(H,22,26)(H,23,24). The second-order valence-electron chi connectivity index (χ2n) is 24.2. The normalized spacial score (nSPS) is 21.1. The van der Waals surface area contributed by atoms with Crippen molar-refractivity contribution in [1.82, 2.24) is 65.4 Å². The Morgan fingerprint density at radius 1 is 0.570 bits per heavy atom. The number of furan rings is 3. The number of dihydropyridines is 1. The van der Waals surface area contributed by atoms with Crippen LogP contribution in [0.5, 0.6) is 0 Å². The van der Waals surface area contributed by atoms with E-state index < -0.39 is 0 Å². The average Bonchev–Trinajstić information content (AvgIpc) is 1.86. The molecule has 23 nitrogen and oxygen atoms in total. The Balaban J connectivity index is 0.000000120. The Morgan fingerprint density at radius 3 is 1.37 bits per heavy atom. The molecule has 4 aliphatic heterocycles. The van der Waals surface area contributed by atoms with Gasteiger partial charge in [0.15, 0.2) is 34.0 Å². The van der Waals surface area contributed by atoms with Crippen molar-refractivity contribution in [2.75, 3.05) is 65.4 Å². The molecule has 7 aliphatic rings. The summed E-state index contributed by atoms with van der Waals surface area (Å²) >= 11 is 0. The van der Waals surface area contributed by atoms with Gasteiger partial charge in [-0.1, -0.05) is 6.08 Å². The van der Waals surface area contributed by atoms with E-state index in [0.717, 1.165) is 132 Å². The molecule has 8 aromatic rings. The van der Waals surface area contributed by atoms with Crippen molar-refractivity contribution in [3.63, 3.8) is 0 Å². The van der Waals surface area contributed by atoms with Crippen LogP contribution in [0, 0.1) is 34.0 Å². The summed E-state index contributed by atoms with van der Waals surface area (Å²) in [6, 6.07) is 12.4. The Labute approximate surface area is 494 Å². The SMILES string of the molecule is Cn1cnc(C(=O)N2CCC3(CC2)CC3CNC(=O)c2cc3ccncc3o2)c1.O=C(NCC1CC12CCN(C(=O)C1=CCCN=C1)CC2)c1cc2ccncc2o1.O=C(NCC1CC12CCN(C(=O)c1ccn[nH]1)CC2)c1cc2ccncc2o1. The molecule has 0 aromatic carbocycles. The molecule has 3 saturated carbocycles. The summed E-state index contributed by atoms with van der Waals surface area (Å²) < 4.78 is 18.5. The van der Waals surface area contributed by atoms with Crippen molar-refractivity contribution in [2.24, 2.45) is 46.0 Å². The van der Waals surface area contributed by atoms with Crippen LogP contribution in [0.15, 0.2) is 128 Å². The summed E-state index contributed by atoms with van der Waals surface area (Å²) in [6.45, 7) is 7.27. The van der Waals surface area contributed by atoms with Crippen LogP contribution < -0.4 is 16.0 Å². The number of imidazole rings is 1. The zero-order valence-corrected chi connectivity index (χ0v) is 47.9. The van der Waals surface area contributed by atoms with Crippen LogP contribution in [0.25, 0.3) is 32.9 Å². The number of aromatic amines is 1. The third kappa shape index (κ3) is 11.8. The van der Waals surface area contributed by atoms with Gasteiger partial charge in [0.25, 0.3) is 35.4 Å². The highest BCUT2D eigenvalue weighted by molar-refractivity contribution is 6.12. The van der Waals surface area contributed by atoms with Crippen LogP contribution in [0.1, 0.15) is 117 Å². The van der Waals surface area contributed by atoms with Crippen molar-refractivity contribution >= 4 is 74.6 Å². The molecule has 12 heterocycles. The van der Waals surface area contributed by atoms with Crippen LogP contribution in [-0.4, -0.2) is 157 Å². The number of rotatable bonds is 12. The molecule has 6 fully saturated rings. The molecule has 3 saturated heterocycles. The summed E-state index contributed by atoms with van der Waals surface area (Å²) in [5.41, 5.74) is 4.41. The van der Waals surface area contributed by atoms with Gasteiger partial charge in [-0.3, -0.25) is 53.8 Å². The number of aliphatic imine (C=N–C) groups is 1. The lowest BCUT2D eigenvalue weighted by Crippen LogP contribution is -2.41. The predicted octanol–water partition coefficient (Wildman–Crippen LogP) is 7.04. The Hall–Kier alpha value is -9.28. The zero-order chi connectivity index (χ0) is 59.0. The largest absolute Gasteiger partial charge is 0.449 e. The summed E-state index contributed by atoms with van der Waals surface area (Å²) in [6.07, 6.45) is 28.6. The van der Waals surface area contributed by atoms with Gasteiger partial charge < -0.3 is 48.5 Å². The molecule has 23 heteroatoms. The summed E-state index contributed by atoms with van der Waals surface area (Å²) in [5.74, 6) is 1.93. The monoisotopic (exact) mass is 1160 g/mol. The average molecular weight is 1170 g/mol. The van der Waals surface area contributed by atoms with E-state index >= 15 is 0 Å². The van der Waals surface area contributed by atoms with Gasteiger partial charge in [-0.2, -0.15) is 5.10 Å². The number of nitrogens with one attached hydrogen (secondary N) is 4. The molecule has 3 unspecified atom stereocenters. The van der Waals surface area contributed by atoms with Gasteiger partial charge in [0, 0.05) is 126 Å². The molecule has 8 aromatic heterocycles. The molecule has 3 spiro atoms. The van der Waals surface area contributed by atoms with Crippen LogP contribution >= 0.6 is 0 Å². The number of hydrogen-bond acceptors (Lipinski definition) is 15. The lowest BCUT2D eigenvalue weighted by atomic mass is 9.90. The quantitative estimate of drug-likeness (QED) is 0.0955. The van der Waals surface area contributed by atoms with Crippen molar-refractivity contribution in [3.8, 4) is 0 Å². The summed E-state index contributed by atoms with van der Waals surface area (Å²) in [7, 11) is 1.86. The fraction of sp³-hybridized carbons (Fsp3) is 0.429. The van der Waals surface area contributed by atoms with Gasteiger partial charge in [0.1, 0.15) is 11.4 Å². The van der Waals surface area contributed by atoms with Crippen LogP contribution in [0.2, 0.25) is 0 Å². The molecule has 3 aliphatic carbocycles. The highest BCUT2D eigenvalue weighted by atomic mass is 16.4. The number of aromatic nitrogens is 7. The Morgan fingerprint density at radius 2 is 1.00 bits per heavy atom. The minimum Gasteiger partial charge on any atom is -0.449 e. The molecule has 444 valence electrons. The molecule has 15 rings (SSSR count). The number of amides is 6. The zero-order valence-electron chi connectivity index (χ0n) is 47.9. The number of likely N-dealkylation sites (tertiary alicyclic amines) is 3. The molecule has 6 amide bonds. The van der Waals surface area contributed by atoms with E-state index in [-0.39, 0.29) is 51.7 Å². The van der Waals surface area contributed by atoms with Crippen molar-refractivity contribution in [2.45, 2.75) is 64.2 Å². The number of carbonyl (C=O) groups excluding carboxylic acids is 6. The first-order valence-electron chi connectivity index (χ1n) is 29.7. The highest BCUT2D eigenvalue weighted by Crippen LogP contribution is 2.61. The van der Waals surface area contributed by atoms with Gasteiger partial charge in [-0.15, -0.1) is 0 Å². The Kier molecular flexibility index (Phi) is 15.1. The topological polar surface area (TPSA) is 285 Å². The van der Waals surface area contributed by atoms with Crippen LogP contribution in [0.4, 0.5) is 0 Å². The maximum absolute atomic E-state index is 12.6. The first-order valence-corrected chi connectivity index (χ1v) is 29.7. The van der Waals surface area contributed by atoms with Gasteiger partial charge in [-0.05, 0) is 141 Å². The molecule has 3 atom stereocenters. The number of carbonyl (C=O) groups is 6. The molecular weight excluding hydrogens is 1100 g/mol. The maximum atomic E-state index is 12.6. The minimum atomic E-state index is -0.190. The van der Waals surface area contributed by atoms with E-state index in [0.29, 0.717) is 82.8 Å². The van der Waals surface area contributed by atoms with Gasteiger partial charge in [0.05, 0.1) is 30.5 Å². The number of fused-ring (bicyclic) bond motifs is 3. The molecular formula is C63H68N14O9. The first kappa shape index (κ1) is 55.9. The fourth-order valence-electron chi connectivity index (χ4n) is 13.4. The summed E-state index contributed by atoms with van der Waals surface area (Å²) in [4.78, 5) is 101. The lowest BCUT2D eigenvalue weighted by molar-refractivity contribution is -0.128. The number of H-pyrrole nitrogens is 1. The van der Waals surface area contributed by atoms with E-state index in [4.69, 9.17) is 13.3 Å². The Bertz CT molecular complexity index is 3810. The summed E-state index contributed by atoms with van der Waals surface area (Å²) in [5, 5.41) is 18.2. The van der Waals surface area contributed by atoms with Gasteiger partial charge >= 0.3 is 0 Å². The molecule has 4 N–H and O–H groups in total. The van der Waals surface area contributed by atoms with Gasteiger partial charge in [-0.25, -0.2) is 4.98 Å². The fourth-order valence-corrected chi connectivity index (χ4v) is 13.4. The third-order valence-corrected chi connectivity index (χ3v) is 19.1. The van der Waals surface area contributed by atoms with Crippen molar-refractivity contribution < 1.29 is 42.0 Å². The van der Waals surface area contributed by atoms with E-state index in [2.05, 4.69) is 51.1 Å². The minimum absolute atomic E-state index is 0.00493. The molecule has 86 heavy (non-hydrogen) atoms. The second-order valence-corrected chi connectivity index (χ2v) is 24.2. The lowest BCUT2D eigenvalue weighted by Gasteiger charge is -2.33.